The van der Waals surface area contributed by atoms with Crippen LogP contribution in [0, 0.1) is 0 Å². The first-order valence-electron chi connectivity index (χ1n) is 6.13. The van der Waals surface area contributed by atoms with Gasteiger partial charge in [-0.3, -0.25) is 0 Å². The van der Waals surface area contributed by atoms with Crippen molar-refractivity contribution >= 4 is 10.8 Å². The Morgan fingerprint density at radius 3 is 2.53 bits per heavy atom. The molecule has 2 nitrogen and oxygen atoms in total. The number of rotatable bonds is 1. The molecule has 1 saturated heterocycles. The lowest BCUT2D eigenvalue weighted by Gasteiger charge is -2.22. The van der Waals surface area contributed by atoms with Gasteiger partial charge in [-0.1, -0.05) is 24.3 Å². The molecule has 17 heavy (non-hydrogen) atoms. The van der Waals surface area contributed by atoms with Crippen molar-refractivity contribution in [3.63, 3.8) is 0 Å². The second kappa shape index (κ2) is 4.38. The Balaban J connectivity index is 1.99. The van der Waals surface area contributed by atoms with Crippen LogP contribution in [0.5, 0.6) is 5.75 Å². The second-order valence-electron chi connectivity index (χ2n) is 4.68. The summed E-state index contributed by atoms with van der Waals surface area (Å²) >= 11 is 0. The summed E-state index contributed by atoms with van der Waals surface area (Å²) in [7, 11) is 0. The lowest BCUT2D eigenvalue weighted by atomic mass is 9.90. The summed E-state index contributed by atoms with van der Waals surface area (Å²) in [6, 6.07) is 12.1. The summed E-state index contributed by atoms with van der Waals surface area (Å²) < 4.78 is 5.39. The van der Waals surface area contributed by atoms with Crippen LogP contribution in [0.2, 0.25) is 0 Å². The van der Waals surface area contributed by atoms with Crippen molar-refractivity contribution in [2.75, 3.05) is 13.2 Å². The van der Waals surface area contributed by atoms with Crippen molar-refractivity contribution in [3.8, 4) is 5.75 Å². The summed E-state index contributed by atoms with van der Waals surface area (Å²) in [5.74, 6) is 0.942. The zero-order valence-electron chi connectivity index (χ0n) is 9.73. The van der Waals surface area contributed by atoms with Crippen molar-refractivity contribution in [1.29, 1.82) is 0 Å². The molecule has 1 heterocycles. The molecule has 0 bridgehead atoms. The fourth-order valence-electron chi connectivity index (χ4n) is 2.54. The Hall–Kier alpha value is -1.54. The number of aromatic hydroxyl groups is 1. The highest BCUT2D eigenvalue weighted by Gasteiger charge is 2.15. The van der Waals surface area contributed by atoms with Gasteiger partial charge in [0.05, 0.1) is 0 Å². The van der Waals surface area contributed by atoms with Crippen molar-refractivity contribution in [1.82, 2.24) is 0 Å². The third-order valence-electron chi connectivity index (χ3n) is 3.54. The monoisotopic (exact) mass is 228 g/mol. The Morgan fingerprint density at radius 1 is 0.941 bits per heavy atom. The van der Waals surface area contributed by atoms with E-state index >= 15 is 0 Å². The topological polar surface area (TPSA) is 29.5 Å². The minimum Gasteiger partial charge on any atom is -0.508 e. The zero-order chi connectivity index (χ0) is 11.7. The molecule has 0 aromatic heterocycles. The molecular weight excluding hydrogens is 212 g/mol. The molecule has 1 aliphatic heterocycles. The van der Waals surface area contributed by atoms with E-state index in [2.05, 4.69) is 18.2 Å². The molecule has 1 aliphatic rings. The molecule has 2 aromatic carbocycles. The van der Waals surface area contributed by atoms with Crippen LogP contribution in [0.4, 0.5) is 0 Å². The van der Waals surface area contributed by atoms with Gasteiger partial charge in [-0.25, -0.2) is 0 Å². The number of hydrogen-bond acceptors (Lipinski definition) is 2. The third-order valence-corrected chi connectivity index (χ3v) is 3.54. The van der Waals surface area contributed by atoms with Crippen LogP contribution in [-0.4, -0.2) is 18.3 Å². The maximum Gasteiger partial charge on any atom is 0.116 e. The van der Waals surface area contributed by atoms with Crippen LogP contribution in [0.1, 0.15) is 24.3 Å². The molecule has 0 amide bonds. The van der Waals surface area contributed by atoms with E-state index in [-0.39, 0.29) is 0 Å². The highest BCUT2D eigenvalue weighted by Crippen LogP contribution is 2.30. The highest BCUT2D eigenvalue weighted by atomic mass is 16.5. The van der Waals surface area contributed by atoms with Crippen molar-refractivity contribution in [2.24, 2.45) is 0 Å². The van der Waals surface area contributed by atoms with Gasteiger partial charge in [0.1, 0.15) is 5.75 Å². The van der Waals surface area contributed by atoms with E-state index in [9.17, 15) is 5.11 Å². The predicted octanol–water partition coefficient (Wildman–Crippen LogP) is 3.44. The second-order valence-corrected chi connectivity index (χ2v) is 4.68. The Morgan fingerprint density at radius 2 is 1.71 bits per heavy atom. The lowest BCUT2D eigenvalue weighted by molar-refractivity contribution is 0.0853. The minimum absolute atomic E-state index is 0.335. The van der Waals surface area contributed by atoms with Gasteiger partial charge in [0.25, 0.3) is 0 Å². The zero-order valence-corrected chi connectivity index (χ0v) is 9.73. The number of phenols is 1. The number of hydrogen-bond donors (Lipinski definition) is 1. The summed E-state index contributed by atoms with van der Waals surface area (Å²) in [5.41, 5.74) is 1.37. The van der Waals surface area contributed by atoms with Gasteiger partial charge in [0.2, 0.25) is 0 Å². The van der Waals surface area contributed by atoms with Gasteiger partial charge in [-0.15, -0.1) is 0 Å². The predicted molar refractivity (Wildman–Crippen MR) is 68.4 cm³/mol. The SMILES string of the molecule is Oc1ccc2ccc(C3CCOCC3)cc2c1. The van der Waals surface area contributed by atoms with Crippen LogP contribution in [0.25, 0.3) is 10.8 Å². The molecule has 88 valence electrons. The molecule has 0 unspecified atom stereocenters. The van der Waals surface area contributed by atoms with Crippen LogP contribution in [0.15, 0.2) is 36.4 Å². The summed E-state index contributed by atoms with van der Waals surface area (Å²) in [6.07, 6.45) is 2.20. The molecule has 0 spiro atoms. The van der Waals surface area contributed by atoms with Crippen molar-refractivity contribution < 1.29 is 9.84 Å². The largest absolute Gasteiger partial charge is 0.508 e. The number of phenolic OH excluding ortho intramolecular Hbond substituents is 1. The fraction of sp³-hybridized carbons (Fsp3) is 0.333. The molecule has 0 saturated carbocycles. The van der Waals surface area contributed by atoms with Crippen LogP contribution in [-0.2, 0) is 4.74 Å². The molecule has 0 radical (unpaired) electrons. The average Bonchev–Trinajstić information content (AvgIpc) is 2.39. The normalized spacial score (nSPS) is 17.4. The Labute approximate surface area is 101 Å². The van der Waals surface area contributed by atoms with E-state index in [4.69, 9.17) is 4.74 Å². The summed E-state index contributed by atoms with van der Waals surface area (Å²) in [6.45, 7) is 1.73. The number of ether oxygens (including phenoxy) is 1. The highest BCUT2D eigenvalue weighted by molar-refractivity contribution is 5.84. The van der Waals surface area contributed by atoms with Crippen LogP contribution in [0.3, 0.4) is 0 Å². The summed E-state index contributed by atoms with van der Waals surface area (Å²) in [4.78, 5) is 0. The molecule has 0 atom stereocenters. The van der Waals surface area contributed by atoms with E-state index in [1.54, 1.807) is 6.07 Å². The van der Waals surface area contributed by atoms with Gasteiger partial charge in [0, 0.05) is 13.2 Å². The fourth-order valence-corrected chi connectivity index (χ4v) is 2.54. The first kappa shape index (κ1) is 10.6. The smallest absolute Gasteiger partial charge is 0.116 e. The van der Waals surface area contributed by atoms with E-state index in [1.165, 1.54) is 10.9 Å². The molecular formula is C15H16O2. The maximum absolute atomic E-state index is 9.51. The molecule has 2 aromatic rings. The molecule has 1 N–H and O–H groups in total. The van der Waals surface area contributed by atoms with Crippen molar-refractivity contribution in [3.05, 3.63) is 42.0 Å². The van der Waals surface area contributed by atoms with E-state index in [0.717, 1.165) is 31.4 Å². The third kappa shape index (κ3) is 2.13. The van der Waals surface area contributed by atoms with E-state index in [0.29, 0.717) is 11.7 Å². The summed E-state index contributed by atoms with van der Waals surface area (Å²) in [5, 5.41) is 11.8. The van der Waals surface area contributed by atoms with Gasteiger partial charge >= 0.3 is 0 Å². The first-order valence-corrected chi connectivity index (χ1v) is 6.13. The Kier molecular flexibility index (Phi) is 2.73. The maximum atomic E-state index is 9.51. The van der Waals surface area contributed by atoms with Gasteiger partial charge in [-0.2, -0.15) is 0 Å². The molecule has 0 aliphatic carbocycles. The quantitative estimate of drug-likeness (QED) is 0.810. The van der Waals surface area contributed by atoms with Crippen LogP contribution < -0.4 is 0 Å². The Bertz CT molecular complexity index is 527. The molecule has 1 fully saturated rings. The van der Waals surface area contributed by atoms with Gasteiger partial charge in [-0.05, 0) is 47.2 Å². The van der Waals surface area contributed by atoms with Crippen LogP contribution >= 0.6 is 0 Å². The average molecular weight is 228 g/mol. The minimum atomic E-state index is 0.335. The van der Waals surface area contributed by atoms with E-state index < -0.39 is 0 Å². The van der Waals surface area contributed by atoms with Gasteiger partial charge < -0.3 is 9.84 Å². The number of fused-ring (bicyclic) bond motifs is 1. The first-order chi connectivity index (χ1) is 8.33. The van der Waals surface area contributed by atoms with Crippen molar-refractivity contribution in [2.45, 2.75) is 18.8 Å². The van der Waals surface area contributed by atoms with Gasteiger partial charge in [0.15, 0.2) is 0 Å². The number of benzene rings is 2. The standard InChI is InChI=1S/C15H16O2/c16-15-4-3-11-1-2-13(9-14(11)10-15)12-5-7-17-8-6-12/h1-4,9-10,12,16H,5-8H2. The lowest BCUT2D eigenvalue weighted by Crippen LogP contribution is -2.13. The van der Waals surface area contributed by atoms with E-state index in [1.807, 2.05) is 12.1 Å². The molecule has 2 heteroatoms. The molecule has 3 rings (SSSR count).